The molecular formula is C19H21F3N6O3. The van der Waals surface area contributed by atoms with E-state index in [1.807, 2.05) is 11.8 Å². The van der Waals surface area contributed by atoms with E-state index in [1.165, 1.54) is 16.9 Å². The average molecular weight is 438 g/mol. The van der Waals surface area contributed by atoms with E-state index >= 15 is 0 Å². The van der Waals surface area contributed by atoms with Crippen LogP contribution in [0.2, 0.25) is 0 Å². The second-order valence-corrected chi connectivity index (χ2v) is 6.21. The lowest BCUT2D eigenvalue weighted by Gasteiger charge is -2.21. The molecule has 0 fully saturated rings. The molecule has 0 bridgehead atoms. The summed E-state index contributed by atoms with van der Waals surface area (Å²) in [5.74, 6) is -0.789. The minimum absolute atomic E-state index is 0.0231. The molecule has 0 aliphatic rings. The van der Waals surface area contributed by atoms with E-state index in [4.69, 9.17) is 9.47 Å². The van der Waals surface area contributed by atoms with Crippen LogP contribution in [0, 0.1) is 5.82 Å². The summed E-state index contributed by atoms with van der Waals surface area (Å²) in [5, 5.41) is 7.86. The van der Waals surface area contributed by atoms with Crippen molar-refractivity contribution in [3.8, 4) is 17.4 Å². The van der Waals surface area contributed by atoms with E-state index in [2.05, 4.69) is 25.0 Å². The number of aromatic nitrogens is 5. The summed E-state index contributed by atoms with van der Waals surface area (Å²) >= 11 is 0. The van der Waals surface area contributed by atoms with Crippen LogP contribution < -0.4 is 14.4 Å². The summed E-state index contributed by atoms with van der Waals surface area (Å²) in [6, 6.07) is 5.41. The third-order valence-corrected chi connectivity index (χ3v) is 4.18. The first-order chi connectivity index (χ1) is 15.0. The van der Waals surface area contributed by atoms with Gasteiger partial charge in [0, 0.05) is 32.5 Å². The molecule has 0 radical (unpaired) electrons. The average Bonchev–Trinajstić information content (AvgIpc) is 3.23. The maximum absolute atomic E-state index is 13.6. The molecule has 2 aromatic heterocycles. The van der Waals surface area contributed by atoms with E-state index in [-0.39, 0.29) is 12.6 Å². The number of alkyl halides is 2. The largest absolute Gasteiger partial charge is 0.457 e. The summed E-state index contributed by atoms with van der Waals surface area (Å²) in [7, 11) is 1.63. The molecule has 0 N–H and O–H groups in total. The summed E-state index contributed by atoms with van der Waals surface area (Å²) in [4.78, 5) is 10.5. The SMILES string of the molecule is CCN(CCOC)c1ccnc(OCc2cn(-c3ccc(F)c(OC(F)F)c3)nn2)n1. The van der Waals surface area contributed by atoms with Crippen LogP contribution in [0.5, 0.6) is 11.8 Å². The van der Waals surface area contributed by atoms with Crippen molar-refractivity contribution < 1.29 is 27.4 Å². The van der Waals surface area contributed by atoms with Gasteiger partial charge in [-0.15, -0.1) is 5.10 Å². The van der Waals surface area contributed by atoms with Crippen molar-refractivity contribution in [1.29, 1.82) is 0 Å². The van der Waals surface area contributed by atoms with E-state index in [1.54, 1.807) is 19.4 Å². The van der Waals surface area contributed by atoms with Crippen molar-refractivity contribution in [1.82, 2.24) is 25.0 Å². The summed E-state index contributed by atoms with van der Waals surface area (Å²) in [6.45, 7) is 0.859. The molecule has 0 unspecified atom stereocenters. The van der Waals surface area contributed by atoms with E-state index in [9.17, 15) is 13.2 Å². The van der Waals surface area contributed by atoms with Gasteiger partial charge in [0.1, 0.15) is 18.1 Å². The molecular weight excluding hydrogens is 417 g/mol. The maximum atomic E-state index is 13.6. The molecule has 0 amide bonds. The Balaban J connectivity index is 1.66. The topological polar surface area (TPSA) is 87.4 Å². The van der Waals surface area contributed by atoms with Crippen molar-refractivity contribution >= 4 is 5.82 Å². The zero-order chi connectivity index (χ0) is 22.2. The number of likely N-dealkylation sites (N-methyl/N-ethyl adjacent to an activating group) is 1. The Morgan fingerprint density at radius 3 is 2.81 bits per heavy atom. The summed E-state index contributed by atoms with van der Waals surface area (Å²) in [5.41, 5.74) is 0.729. The molecule has 2 heterocycles. The predicted molar refractivity (Wildman–Crippen MR) is 104 cm³/mol. The highest BCUT2D eigenvalue weighted by atomic mass is 19.3. The van der Waals surface area contributed by atoms with Crippen LogP contribution in [0.4, 0.5) is 19.0 Å². The zero-order valence-corrected chi connectivity index (χ0v) is 16.9. The van der Waals surface area contributed by atoms with Gasteiger partial charge in [0.15, 0.2) is 11.6 Å². The van der Waals surface area contributed by atoms with Crippen LogP contribution in [0.15, 0.2) is 36.7 Å². The molecule has 3 aromatic rings. The second kappa shape index (κ2) is 10.6. The van der Waals surface area contributed by atoms with Gasteiger partial charge in [0.05, 0.1) is 18.5 Å². The molecule has 3 rings (SSSR count). The predicted octanol–water partition coefficient (Wildman–Crippen LogP) is 2.85. The van der Waals surface area contributed by atoms with Crippen LogP contribution in [0.1, 0.15) is 12.6 Å². The number of halogens is 3. The van der Waals surface area contributed by atoms with Gasteiger partial charge >= 0.3 is 12.6 Å². The van der Waals surface area contributed by atoms with Gasteiger partial charge < -0.3 is 19.1 Å². The standard InChI is InChI=1S/C19H21F3N6O3/c1-3-27(8-9-29-2)17-6-7-23-19(24-17)30-12-13-11-28(26-25-13)14-4-5-15(20)16(10-14)31-18(21)22/h4-7,10-11,18H,3,8-9,12H2,1-2H3. The fraction of sp³-hybridized carbons (Fsp3) is 0.368. The zero-order valence-electron chi connectivity index (χ0n) is 16.9. The van der Waals surface area contributed by atoms with Crippen LogP contribution in [-0.2, 0) is 11.3 Å². The molecule has 0 saturated carbocycles. The van der Waals surface area contributed by atoms with Crippen LogP contribution in [0.25, 0.3) is 5.69 Å². The Morgan fingerprint density at radius 2 is 2.06 bits per heavy atom. The number of ether oxygens (including phenoxy) is 3. The first kappa shape index (κ1) is 22.3. The van der Waals surface area contributed by atoms with Crippen molar-refractivity contribution in [2.24, 2.45) is 0 Å². The molecule has 31 heavy (non-hydrogen) atoms. The number of benzene rings is 1. The fourth-order valence-electron chi connectivity index (χ4n) is 2.66. The van der Waals surface area contributed by atoms with Gasteiger partial charge in [-0.05, 0) is 25.1 Å². The minimum atomic E-state index is -3.14. The number of nitrogens with zero attached hydrogens (tertiary/aromatic N) is 6. The molecule has 0 atom stereocenters. The van der Waals surface area contributed by atoms with Gasteiger partial charge in [-0.1, -0.05) is 5.21 Å². The fourth-order valence-corrected chi connectivity index (χ4v) is 2.66. The number of hydrogen-bond acceptors (Lipinski definition) is 8. The Morgan fingerprint density at radius 1 is 1.23 bits per heavy atom. The van der Waals surface area contributed by atoms with Crippen LogP contribution >= 0.6 is 0 Å². The maximum Gasteiger partial charge on any atom is 0.387 e. The van der Waals surface area contributed by atoms with Gasteiger partial charge in [0.25, 0.3) is 0 Å². The van der Waals surface area contributed by atoms with Crippen molar-refractivity contribution in [3.05, 3.63) is 48.2 Å². The van der Waals surface area contributed by atoms with Crippen LogP contribution in [0.3, 0.4) is 0 Å². The highest BCUT2D eigenvalue weighted by molar-refractivity contribution is 5.40. The van der Waals surface area contributed by atoms with Gasteiger partial charge in [-0.2, -0.15) is 13.8 Å². The van der Waals surface area contributed by atoms with Crippen molar-refractivity contribution in [2.75, 3.05) is 31.7 Å². The highest BCUT2D eigenvalue weighted by Gasteiger charge is 2.13. The Labute approximate surface area is 176 Å². The van der Waals surface area contributed by atoms with E-state index < -0.39 is 18.2 Å². The van der Waals surface area contributed by atoms with Gasteiger partial charge in [-0.3, -0.25) is 0 Å². The third kappa shape index (κ3) is 6.04. The Kier molecular flexibility index (Phi) is 7.60. The smallest absolute Gasteiger partial charge is 0.387 e. The third-order valence-electron chi connectivity index (χ3n) is 4.18. The quantitative estimate of drug-likeness (QED) is 0.452. The lowest BCUT2D eigenvalue weighted by Crippen LogP contribution is -2.27. The Hall–Kier alpha value is -3.41. The molecule has 0 aliphatic carbocycles. The lowest BCUT2D eigenvalue weighted by molar-refractivity contribution is -0.0521. The molecule has 12 heteroatoms. The molecule has 166 valence electrons. The van der Waals surface area contributed by atoms with Gasteiger partial charge in [-0.25, -0.2) is 14.1 Å². The molecule has 9 nitrogen and oxygen atoms in total. The highest BCUT2D eigenvalue weighted by Crippen LogP contribution is 2.23. The van der Waals surface area contributed by atoms with E-state index in [0.29, 0.717) is 30.4 Å². The Bertz CT molecular complexity index is 988. The monoisotopic (exact) mass is 438 g/mol. The van der Waals surface area contributed by atoms with Crippen molar-refractivity contribution in [3.63, 3.8) is 0 Å². The second-order valence-electron chi connectivity index (χ2n) is 6.21. The van der Waals surface area contributed by atoms with Gasteiger partial charge in [0.2, 0.25) is 0 Å². The first-order valence-corrected chi connectivity index (χ1v) is 9.35. The number of methoxy groups -OCH3 is 1. The normalized spacial score (nSPS) is 11.0. The summed E-state index contributed by atoms with van der Waals surface area (Å²) in [6.07, 6.45) is 3.10. The molecule has 0 aliphatic heterocycles. The summed E-state index contributed by atoms with van der Waals surface area (Å²) < 4.78 is 54.5. The van der Waals surface area contributed by atoms with Crippen molar-refractivity contribution in [2.45, 2.75) is 20.1 Å². The lowest BCUT2D eigenvalue weighted by atomic mass is 10.3. The molecule has 1 aromatic carbocycles. The van der Waals surface area contributed by atoms with E-state index in [0.717, 1.165) is 18.7 Å². The number of hydrogen-bond donors (Lipinski definition) is 0. The molecule has 0 saturated heterocycles. The number of anilines is 1. The van der Waals surface area contributed by atoms with Crippen LogP contribution in [-0.4, -0.2) is 58.4 Å². The number of rotatable bonds is 11. The minimum Gasteiger partial charge on any atom is -0.457 e. The molecule has 0 spiro atoms. The first-order valence-electron chi connectivity index (χ1n) is 9.35.